The molecule has 0 radical (unpaired) electrons. The van der Waals surface area contributed by atoms with Gasteiger partial charge in [-0.05, 0) is 40.2 Å². The van der Waals surface area contributed by atoms with Gasteiger partial charge in [0.15, 0.2) is 0 Å². The molecule has 0 unspecified atom stereocenters. The summed E-state index contributed by atoms with van der Waals surface area (Å²) in [6.45, 7) is 0. The third kappa shape index (κ3) is 2.51. The van der Waals surface area contributed by atoms with Crippen molar-refractivity contribution < 1.29 is 4.74 Å². The van der Waals surface area contributed by atoms with E-state index in [1.165, 1.54) is 0 Å². The van der Waals surface area contributed by atoms with Crippen LogP contribution in [0, 0.1) is 0 Å². The van der Waals surface area contributed by atoms with Gasteiger partial charge in [-0.15, -0.1) is 0 Å². The summed E-state index contributed by atoms with van der Waals surface area (Å²) in [7, 11) is 0. The van der Waals surface area contributed by atoms with Gasteiger partial charge < -0.3 is 10.5 Å². The summed E-state index contributed by atoms with van der Waals surface area (Å²) in [5.41, 5.74) is 7.20. The lowest BCUT2D eigenvalue weighted by atomic mass is 10.2. The van der Waals surface area contributed by atoms with Crippen LogP contribution in [-0.2, 0) is 0 Å². The molecule has 0 amide bonds. The van der Waals surface area contributed by atoms with E-state index in [1.807, 2.05) is 30.3 Å². The lowest BCUT2D eigenvalue weighted by molar-refractivity contribution is 0.466. The highest BCUT2D eigenvalue weighted by atomic mass is 79.9. The Hall–Kier alpha value is -2.14. The van der Waals surface area contributed by atoms with Crippen molar-refractivity contribution in [3.8, 4) is 11.6 Å². The van der Waals surface area contributed by atoms with Gasteiger partial charge in [0.05, 0.1) is 11.2 Å². The van der Waals surface area contributed by atoms with Crippen LogP contribution >= 0.6 is 15.9 Å². The zero-order valence-electron chi connectivity index (χ0n) is 9.88. The van der Waals surface area contributed by atoms with Crippen LogP contribution < -0.4 is 10.5 Å². The zero-order chi connectivity index (χ0) is 13.2. The molecule has 4 nitrogen and oxygen atoms in total. The summed E-state index contributed by atoms with van der Waals surface area (Å²) in [5.74, 6) is 1.05. The number of aromatic nitrogens is 2. The largest absolute Gasteiger partial charge is 0.437 e. The number of rotatable bonds is 2. The molecule has 19 heavy (non-hydrogen) atoms. The number of benzene rings is 1. The van der Waals surface area contributed by atoms with E-state index in [4.69, 9.17) is 10.5 Å². The molecule has 2 aromatic heterocycles. The molecule has 0 saturated heterocycles. The normalized spacial score (nSPS) is 10.6. The fraction of sp³-hybridized carbons (Fsp3) is 0. The standard InChI is InChI=1S/C14H10BrN3O/c15-10-6-12(16)14(18-8-10)19-11-4-3-9-2-1-5-17-13(9)7-11/h1-8H,16H2. The number of nitrogens with zero attached hydrogens (tertiary/aromatic N) is 2. The van der Waals surface area contributed by atoms with E-state index in [2.05, 4.69) is 25.9 Å². The summed E-state index contributed by atoms with van der Waals surface area (Å²) in [6.07, 6.45) is 3.39. The molecule has 2 heterocycles. The Morgan fingerprint density at radius 3 is 2.84 bits per heavy atom. The highest BCUT2D eigenvalue weighted by molar-refractivity contribution is 9.10. The van der Waals surface area contributed by atoms with Crippen LogP contribution in [0.15, 0.2) is 53.3 Å². The van der Waals surface area contributed by atoms with Crippen LogP contribution in [0.2, 0.25) is 0 Å². The number of nitrogen functional groups attached to an aromatic ring is 1. The van der Waals surface area contributed by atoms with Crippen LogP contribution in [0.25, 0.3) is 10.9 Å². The third-order valence-electron chi connectivity index (χ3n) is 2.64. The van der Waals surface area contributed by atoms with Crippen molar-refractivity contribution in [2.75, 3.05) is 5.73 Å². The first-order chi connectivity index (χ1) is 9.22. The Morgan fingerprint density at radius 2 is 2.00 bits per heavy atom. The molecule has 94 valence electrons. The van der Waals surface area contributed by atoms with Gasteiger partial charge in [0, 0.05) is 28.3 Å². The summed E-state index contributed by atoms with van der Waals surface area (Å²) >= 11 is 3.31. The first-order valence-corrected chi connectivity index (χ1v) is 6.45. The fourth-order valence-electron chi connectivity index (χ4n) is 1.75. The maximum atomic E-state index is 5.85. The van der Waals surface area contributed by atoms with Gasteiger partial charge in [0.1, 0.15) is 5.75 Å². The summed E-state index contributed by atoms with van der Waals surface area (Å²) in [6, 6.07) is 11.3. The fourth-order valence-corrected chi connectivity index (χ4v) is 2.10. The van der Waals surface area contributed by atoms with Crippen molar-refractivity contribution in [2.24, 2.45) is 0 Å². The molecule has 0 atom stereocenters. The number of nitrogens with two attached hydrogens (primary N) is 1. The zero-order valence-corrected chi connectivity index (χ0v) is 11.5. The SMILES string of the molecule is Nc1cc(Br)cnc1Oc1ccc2cccnc2c1. The smallest absolute Gasteiger partial charge is 0.242 e. The number of pyridine rings is 2. The lowest BCUT2D eigenvalue weighted by Gasteiger charge is -2.08. The molecule has 0 aliphatic heterocycles. The van der Waals surface area contributed by atoms with E-state index in [0.717, 1.165) is 15.4 Å². The predicted molar refractivity (Wildman–Crippen MR) is 78.2 cm³/mol. The second kappa shape index (κ2) is 4.85. The number of ether oxygens (including phenoxy) is 1. The molecule has 3 rings (SSSR count). The highest BCUT2D eigenvalue weighted by Gasteiger charge is 2.05. The van der Waals surface area contributed by atoms with Gasteiger partial charge in [-0.2, -0.15) is 0 Å². The Kier molecular flexibility index (Phi) is 3.05. The minimum atomic E-state index is 0.387. The number of hydrogen-bond acceptors (Lipinski definition) is 4. The molecule has 0 aliphatic rings. The van der Waals surface area contributed by atoms with Crippen LogP contribution in [-0.4, -0.2) is 9.97 Å². The molecule has 5 heteroatoms. The first-order valence-electron chi connectivity index (χ1n) is 5.66. The Balaban J connectivity index is 1.96. The van der Waals surface area contributed by atoms with Crippen LogP contribution in [0.4, 0.5) is 5.69 Å². The van der Waals surface area contributed by atoms with Crippen molar-refractivity contribution in [3.63, 3.8) is 0 Å². The van der Waals surface area contributed by atoms with Gasteiger partial charge in [0.25, 0.3) is 0 Å². The van der Waals surface area contributed by atoms with Crippen LogP contribution in [0.3, 0.4) is 0 Å². The molecule has 0 saturated carbocycles. The Morgan fingerprint density at radius 1 is 1.11 bits per heavy atom. The van der Waals surface area contributed by atoms with Crippen molar-refractivity contribution >= 4 is 32.5 Å². The average Bonchev–Trinajstić information content (AvgIpc) is 2.42. The molecule has 0 spiro atoms. The topological polar surface area (TPSA) is 61.0 Å². The van der Waals surface area contributed by atoms with Crippen molar-refractivity contribution in [3.05, 3.63) is 53.3 Å². The van der Waals surface area contributed by atoms with E-state index in [0.29, 0.717) is 17.3 Å². The highest BCUT2D eigenvalue weighted by Crippen LogP contribution is 2.28. The van der Waals surface area contributed by atoms with E-state index in [-0.39, 0.29) is 0 Å². The van der Waals surface area contributed by atoms with Gasteiger partial charge in [0.2, 0.25) is 5.88 Å². The van der Waals surface area contributed by atoms with Gasteiger partial charge in [-0.3, -0.25) is 4.98 Å². The molecular formula is C14H10BrN3O. The summed E-state index contributed by atoms with van der Waals surface area (Å²) in [5, 5.41) is 1.06. The van der Waals surface area contributed by atoms with E-state index in [9.17, 15) is 0 Å². The molecule has 0 aliphatic carbocycles. The quantitative estimate of drug-likeness (QED) is 0.782. The predicted octanol–water partition coefficient (Wildman–Crippen LogP) is 3.77. The second-order valence-corrected chi connectivity index (χ2v) is 4.92. The number of halogens is 1. The van der Waals surface area contributed by atoms with Crippen molar-refractivity contribution in [2.45, 2.75) is 0 Å². The van der Waals surface area contributed by atoms with E-state index in [1.54, 1.807) is 18.5 Å². The van der Waals surface area contributed by atoms with E-state index < -0.39 is 0 Å². The molecule has 3 aromatic rings. The third-order valence-corrected chi connectivity index (χ3v) is 3.07. The maximum Gasteiger partial charge on any atom is 0.242 e. The van der Waals surface area contributed by atoms with Crippen molar-refractivity contribution in [1.29, 1.82) is 0 Å². The number of hydrogen-bond donors (Lipinski definition) is 1. The number of fused-ring (bicyclic) bond motifs is 1. The minimum Gasteiger partial charge on any atom is -0.437 e. The summed E-state index contributed by atoms with van der Waals surface area (Å²) in [4.78, 5) is 8.42. The Labute approximate surface area is 118 Å². The average molecular weight is 316 g/mol. The molecular weight excluding hydrogens is 306 g/mol. The minimum absolute atomic E-state index is 0.387. The van der Waals surface area contributed by atoms with Crippen LogP contribution in [0.1, 0.15) is 0 Å². The molecule has 0 fully saturated rings. The monoisotopic (exact) mass is 315 g/mol. The van der Waals surface area contributed by atoms with Gasteiger partial charge >= 0.3 is 0 Å². The number of anilines is 1. The lowest BCUT2D eigenvalue weighted by Crippen LogP contribution is -1.95. The van der Waals surface area contributed by atoms with Crippen LogP contribution in [0.5, 0.6) is 11.6 Å². The van der Waals surface area contributed by atoms with Crippen molar-refractivity contribution in [1.82, 2.24) is 9.97 Å². The molecule has 1 aromatic carbocycles. The Bertz CT molecular complexity index is 746. The maximum absolute atomic E-state index is 5.85. The van der Waals surface area contributed by atoms with E-state index >= 15 is 0 Å². The molecule has 2 N–H and O–H groups in total. The summed E-state index contributed by atoms with van der Waals surface area (Å²) < 4.78 is 6.49. The van der Waals surface area contributed by atoms with Gasteiger partial charge in [-0.25, -0.2) is 4.98 Å². The second-order valence-electron chi connectivity index (χ2n) is 4.01. The first kappa shape index (κ1) is 11.9. The van der Waals surface area contributed by atoms with Gasteiger partial charge in [-0.1, -0.05) is 6.07 Å². The molecule has 0 bridgehead atoms.